The van der Waals surface area contributed by atoms with Crippen LogP contribution in [-0.4, -0.2) is 28.9 Å². The van der Waals surface area contributed by atoms with Gasteiger partial charge in [0.2, 0.25) is 0 Å². The van der Waals surface area contributed by atoms with Crippen molar-refractivity contribution in [3.05, 3.63) is 52.7 Å². The van der Waals surface area contributed by atoms with Gasteiger partial charge in [-0.25, -0.2) is 13.8 Å². The van der Waals surface area contributed by atoms with E-state index in [1.807, 2.05) is 36.5 Å². The van der Waals surface area contributed by atoms with E-state index in [2.05, 4.69) is 29.0 Å². The molecular weight excluding hydrogens is 427 g/mol. The van der Waals surface area contributed by atoms with E-state index in [1.54, 1.807) is 0 Å². The third kappa shape index (κ3) is 6.73. The minimum atomic E-state index is -2.51. The van der Waals surface area contributed by atoms with Gasteiger partial charge in [0.1, 0.15) is 5.82 Å². The molecule has 1 aliphatic rings. The zero-order valence-electron chi connectivity index (χ0n) is 15.9. The molecule has 1 aromatic carbocycles. The lowest BCUT2D eigenvalue weighted by atomic mass is 9.97. The van der Waals surface area contributed by atoms with Crippen molar-refractivity contribution in [2.24, 2.45) is 0 Å². The van der Waals surface area contributed by atoms with Crippen molar-refractivity contribution >= 4 is 47.9 Å². The van der Waals surface area contributed by atoms with Crippen LogP contribution in [0.2, 0.25) is 5.02 Å². The minimum absolute atomic E-state index is 0. The van der Waals surface area contributed by atoms with Gasteiger partial charge in [-0.3, -0.25) is 4.90 Å². The predicted molar refractivity (Wildman–Crippen MR) is 117 cm³/mol. The van der Waals surface area contributed by atoms with Crippen molar-refractivity contribution in [2.45, 2.75) is 45.1 Å². The summed E-state index contributed by atoms with van der Waals surface area (Å²) in [5.74, 6) is -1.44. The summed E-state index contributed by atoms with van der Waals surface area (Å²) in [6.07, 6.45) is 1.73. The number of nitrogens with one attached hydrogen (secondary N) is 1. The normalized spacial score (nSPS) is 16.2. The Bertz CT molecular complexity index is 762. The van der Waals surface area contributed by atoms with Crippen molar-refractivity contribution in [1.29, 1.82) is 0 Å². The van der Waals surface area contributed by atoms with Crippen LogP contribution in [0.1, 0.15) is 43.7 Å². The molecule has 1 aromatic heterocycles. The van der Waals surface area contributed by atoms with Gasteiger partial charge in [-0.05, 0) is 41.3 Å². The number of anilines is 2. The largest absolute Gasteiger partial charge is 0.340 e. The summed E-state index contributed by atoms with van der Waals surface area (Å²) in [5, 5.41) is 3.94. The molecule has 1 saturated heterocycles. The number of hydrogen-bond acceptors (Lipinski definition) is 3. The molecule has 0 radical (unpaired) electrons. The number of alkyl halides is 2. The number of hydrogen-bond donors (Lipinski definition) is 1. The Balaban J connectivity index is 0.00000196. The summed E-state index contributed by atoms with van der Waals surface area (Å²) in [5.41, 5.74) is 3.16. The fraction of sp³-hybridized carbons (Fsp3) is 0.450. The number of pyridine rings is 1. The average molecular weight is 453 g/mol. The first-order chi connectivity index (χ1) is 12.3. The minimum Gasteiger partial charge on any atom is -0.340 e. The number of rotatable bonds is 5. The Kier molecular flexibility index (Phi) is 9.41. The van der Waals surface area contributed by atoms with Crippen LogP contribution in [0.15, 0.2) is 36.5 Å². The van der Waals surface area contributed by atoms with Gasteiger partial charge in [0, 0.05) is 49.4 Å². The van der Waals surface area contributed by atoms with Crippen LogP contribution < -0.4 is 5.32 Å². The molecule has 28 heavy (non-hydrogen) atoms. The number of aromatic nitrogens is 1. The van der Waals surface area contributed by atoms with Crippen molar-refractivity contribution < 1.29 is 8.78 Å². The van der Waals surface area contributed by atoms with Crippen LogP contribution in [0, 0.1) is 0 Å². The molecule has 2 aromatic rings. The van der Waals surface area contributed by atoms with E-state index >= 15 is 0 Å². The summed E-state index contributed by atoms with van der Waals surface area (Å²) in [7, 11) is 0. The number of likely N-dealkylation sites (tertiary alicyclic amines) is 1. The van der Waals surface area contributed by atoms with Crippen LogP contribution in [0.25, 0.3) is 0 Å². The third-order valence-corrected chi connectivity index (χ3v) is 4.96. The molecule has 3 rings (SSSR count). The van der Waals surface area contributed by atoms with E-state index in [0.717, 1.165) is 17.1 Å². The SMILES string of the molecule is CC(C)c1cc(Nc2cccc(Cl)c2)ncc1CN1CCC(F)(F)CC1.Cl.Cl. The first-order valence-electron chi connectivity index (χ1n) is 8.94. The highest BCUT2D eigenvalue weighted by molar-refractivity contribution is 6.30. The second-order valence-electron chi connectivity index (χ2n) is 7.19. The molecule has 1 aliphatic heterocycles. The van der Waals surface area contributed by atoms with E-state index in [4.69, 9.17) is 11.6 Å². The predicted octanol–water partition coefficient (Wildman–Crippen LogP) is 6.68. The Morgan fingerprint density at radius 3 is 2.46 bits per heavy atom. The number of halogens is 5. The second-order valence-corrected chi connectivity index (χ2v) is 7.63. The number of benzene rings is 1. The molecular formula is C20H26Cl3F2N3. The highest BCUT2D eigenvalue weighted by Gasteiger charge is 2.34. The van der Waals surface area contributed by atoms with E-state index < -0.39 is 5.92 Å². The van der Waals surface area contributed by atoms with Crippen LogP contribution >= 0.6 is 36.4 Å². The summed E-state index contributed by atoms with van der Waals surface area (Å²) in [6, 6.07) is 9.53. The van der Waals surface area contributed by atoms with Crippen LogP contribution in [-0.2, 0) is 6.54 Å². The maximum atomic E-state index is 13.4. The Hall–Kier alpha value is -1.14. The molecule has 3 nitrogen and oxygen atoms in total. The Morgan fingerprint density at radius 1 is 1.18 bits per heavy atom. The van der Waals surface area contributed by atoms with Crippen molar-refractivity contribution in [3.63, 3.8) is 0 Å². The highest BCUT2D eigenvalue weighted by Crippen LogP contribution is 2.30. The van der Waals surface area contributed by atoms with E-state index in [-0.39, 0.29) is 37.7 Å². The van der Waals surface area contributed by atoms with Gasteiger partial charge in [-0.1, -0.05) is 31.5 Å². The van der Waals surface area contributed by atoms with Crippen LogP contribution in [0.4, 0.5) is 20.3 Å². The lowest BCUT2D eigenvalue weighted by Crippen LogP contribution is -2.39. The molecule has 0 spiro atoms. The molecule has 0 saturated carbocycles. The van der Waals surface area contributed by atoms with Gasteiger partial charge >= 0.3 is 0 Å². The second kappa shape index (κ2) is 10.6. The zero-order valence-corrected chi connectivity index (χ0v) is 18.3. The summed E-state index contributed by atoms with van der Waals surface area (Å²) >= 11 is 6.03. The van der Waals surface area contributed by atoms with Gasteiger partial charge < -0.3 is 5.32 Å². The van der Waals surface area contributed by atoms with Gasteiger partial charge in [0.05, 0.1) is 0 Å². The first-order valence-corrected chi connectivity index (χ1v) is 9.32. The lowest BCUT2D eigenvalue weighted by molar-refractivity contribution is -0.0567. The van der Waals surface area contributed by atoms with E-state index in [9.17, 15) is 8.78 Å². The van der Waals surface area contributed by atoms with Gasteiger partial charge in [-0.15, -0.1) is 24.8 Å². The number of piperidine rings is 1. The smallest absolute Gasteiger partial charge is 0.250 e. The van der Waals surface area contributed by atoms with E-state index in [0.29, 0.717) is 30.6 Å². The van der Waals surface area contributed by atoms with Crippen LogP contribution in [0.3, 0.4) is 0 Å². The third-order valence-electron chi connectivity index (χ3n) is 4.72. The maximum absolute atomic E-state index is 13.4. The summed E-state index contributed by atoms with van der Waals surface area (Å²) < 4.78 is 26.7. The van der Waals surface area contributed by atoms with Crippen LogP contribution in [0.5, 0.6) is 0 Å². The molecule has 156 valence electrons. The first kappa shape index (κ1) is 24.9. The van der Waals surface area contributed by atoms with Gasteiger partial charge in [0.25, 0.3) is 5.92 Å². The molecule has 1 N–H and O–H groups in total. The molecule has 0 amide bonds. The summed E-state index contributed by atoms with van der Waals surface area (Å²) in [6.45, 7) is 5.77. The molecule has 2 heterocycles. The fourth-order valence-electron chi connectivity index (χ4n) is 3.23. The molecule has 1 fully saturated rings. The monoisotopic (exact) mass is 451 g/mol. The van der Waals surface area contributed by atoms with Gasteiger partial charge in [0.15, 0.2) is 0 Å². The standard InChI is InChI=1S/C20H24ClF2N3.2ClH/c1-14(2)18-11-19(25-17-5-3-4-16(21)10-17)24-12-15(18)13-26-8-6-20(22,23)7-9-26;;/h3-5,10-12,14H,6-9,13H2,1-2H3,(H,24,25);2*1H. The molecule has 0 aliphatic carbocycles. The number of nitrogens with zero attached hydrogens (tertiary/aromatic N) is 2. The molecule has 0 atom stereocenters. The zero-order chi connectivity index (χ0) is 18.7. The average Bonchev–Trinajstić information content (AvgIpc) is 2.58. The van der Waals surface area contributed by atoms with Crippen molar-refractivity contribution in [1.82, 2.24) is 9.88 Å². The quantitative estimate of drug-likeness (QED) is 0.548. The molecule has 0 unspecified atom stereocenters. The van der Waals surface area contributed by atoms with Gasteiger partial charge in [-0.2, -0.15) is 0 Å². The molecule has 8 heteroatoms. The fourth-order valence-corrected chi connectivity index (χ4v) is 3.42. The van der Waals surface area contributed by atoms with Crippen molar-refractivity contribution in [3.8, 4) is 0 Å². The molecule has 0 bridgehead atoms. The highest BCUT2D eigenvalue weighted by atomic mass is 35.5. The topological polar surface area (TPSA) is 28.2 Å². The Morgan fingerprint density at radius 2 is 1.86 bits per heavy atom. The lowest BCUT2D eigenvalue weighted by Gasteiger charge is -2.32. The maximum Gasteiger partial charge on any atom is 0.250 e. The summed E-state index contributed by atoms with van der Waals surface area (Å²) in [4.78, 5) is 6.60. The Labute approximate surface area is 182 Å². The van der Waals surface area contributed by atoms with Crippen molar-refractivity contribution in [2.75, 3.05) is 18.4 Å². The van der Waals surface area contributed by atoms with E-state index in [1.165, 1.54) is 5.56 Å².